The lowest BCUT2D eigenvalue weighted by molar-refractivity contribution is 0.491. The summed E-state index contributed by atoms with van der Waals surface area (Å²) in [7, 11) is 0. The maximum atomic E-state index is 6.08. The van der Waals surface area contributed by atoms with Gasteiger partial charge in [-0.25, -0.2) is 0 Å². The number of rotatable bonds is 4. The number of thiophene rings is 1. The van der Waals surface area contributed by atoms with Gasteiger partial charge in [0.05, 0.1) is 0 Å². The van der Waals surface area contributed by atoms with Gasteiger partial charge in [-0.15, -0.1) is 22.9 Å². The molecule has 2 unspecified atom stereocenters. The van der Waals surface area contributed by atoms with Gasteiger partial charge in [-0.3, -0.25) is 0 Å². The van der Waals surface area contributed by atoms with Crippen molar-refractivity contribution in [3.8, 4) is 0 Å². The van der Waals surface area contributed by atoms with E-state index in [9.17, 15) is 0 Å². The van der Waals surface area contributed by atoms with E-state index in [0.29, 0.717) is 5.38 Å². The molecule has 1 aromatic rings. The predicted octanol–water partition coefficient (Wildman–Crippen LogP) is 4.01. The van der Waals surface area contributed by atoms with Crippen molar-refractivity contribution in [1.29, 1.82) is 0 Å². The van der Waals surface area contributed by atoms with Gasteiger partial charge in [0.2, 0.25) is 0 Å². The maximum absolute atomic E-state index is 6.08. The molecular weight excluding hydrogens is 294 g/mol. The molecule has 0 amide bonds. The number of nitrogens with one attached hydrogen (secondary N) is 1. The first-order chi connectivity index (χ1) is 7.25. The number of halogens is 2. The highest BCUT2D eigenvalue weighted by Crippen LogP contribution is 2.29. The van der Waals surface area contributed by atoms with Crippen LogP contribution in [-0.4, -0.2) is 11.9 Å². The third-order valence-corrected chi connectivity index (χ3v) is 5.21. The Balaban J connectivity index is 1.69. The molecule has 15 heavy (non-hydrogen) atoms. The second kappa shape index (κ2) is 5.67. The topological polar surface area (TPSA) is 12.0 Å². The van der Waals surface area contributed by atoms with Gasteiger partial charge in [0.1, 0.15) is 0 Å². The SMILES string of the molecule is ClC1CCC(CNCc2sccc2Br)C1. The molecule has 0 aromatic carbocycles. The van der Waals surface area contributed by atoms with E-state index in [0.717, 1.165) is 19.0 Å². The highest BCUT2D eigenvalue weighted by molar-refractivity contribution is 9.10. The molecule has 0 bridgehead atoms. The van der Waals surface area contributed by atoms with Crippen molar-refractivity contribution in [1.82, 2.24) is 5.32 Å². The summed E-state index contributed by atoms with van der Waals surface area (Å²) < 4.78 is 1.22. The van der Waals surface area contributed by atoms with Crippen molar-refractivity contribution in [3.63, 3.8) is 0 Å². The smallest absolute Gasteiger partial charge is 0.0339 e. The zero-order valence-electron chi connectivity index (χ0n) is 8.51. The first kappa shape index (κ1) is 11.9. The van der Waals surface area contributed by atoms with Gasteiger partial charge in [0, 0.05) is 21.3 Å². The molecule has 1 saturated carbocycles. The molecule has 1 aromatic heterocycles. The molecule has 1 nitrogen and oxygen atoms in total. The van der Waals surface area contributed by atoms with Crippen molar-refractivity contribution in [2.45, 2.75) is 31.2 Å². The van der Waals surface area contributed by atoms with Gasteiger partial charge >= 0.3 is 0 Å². The van der Waals surface area contributed by atoms with E-state index < -0.39 is 0 Å². The van der Waals surface area contributed by atoms with Gasteiger partial charge in [-0.2, -0.15) is 0 Å². The summed E-state index contributed by atoms with van der Waals surface area (Å²) in [5.74, 6) is 0.784. The van der Waals surface area contributed by atoms with Crippen LogP contribution in [0.4, 0.5) is 0 Å². The van der Waals surface area contributed by atoms with Crippen LogP contribution in [-0.2, 0) is 6.54 Å². The summed E-state index contributed by atoms with van der Waals surface area (Å²) in [5, 5.41) is 6.05. The Kier molecular flexibility index (Phi) is 4.50. The molecule has 0 aliphatic heterocycles. The molecular formula is C11H15BrClNS. The summed E-state index contributed by atoms with van der Waals surface area (Å²) in [5.41, 5.74) is 0. The largest absolute Gasteiger partial charge is 0.312 e. The standard InChI is InChI=1S/C11H15BrClNS/c12-10-3-4-15-11(10)7-14-6-8-1-2-9(13)5-8/h3-4,8-9,14H,1-2,5-7H2. The summed E-state index contributed by atoms with van der Waals surface area (Å²) in [6.07, 6.45) is 3.66. The van der Waals surface area contributed by atoms with Crippen molar-refractivity contribution >= 4 is 38.9 Å². The molecule has 0 radical (unpaired) electrons. The lowest BCUT2D eigenvalue weighted by Gasteiger charge is -2.10. The van der Waals surface area contributed by atoms with Crippen molar-refractivity contribution < 1.29 is 0 Å². The third kappa shape index (κ3) is 3.45. The summed E-state index contributed by atoms with van der Waals surface area (Å²) in [4.78, 5) is 1.38. The van der Waals surface area contributed by atoms with Gasteiger partial charge in [0.25, 0.3) is 0 Å². The predicted molar refractivity (Wildman–Crippen MR) is 70.7 cm³/mol. The summed E-state index contributed by atoms with van der Waals surface area (Å²) in [6, 6.07) is 2.10. The molecule has 0 saturated heterocycles. The highest BCUT2D eigenvalue weighted by atomic mass is 79.9. The minimum Gasteiger partial charge on any atom is -0.312 e. The normalized spacial score (nSPS) is 26.0. The second-order valence-corrected chi connectivity index (χ2v) is 6.57. The summed E-state index contributed by atoms with van der Waals surface area (Å²) in [6.45, 7) is 2.08. The molecule has 2 rings (SSSR count). The van der Waals surface area contributed by atoms with Crippen LogP contribution in [0, 0.1) is 5.92 Å². The number of hydrogen-bond donors (Lipinski definition) is 1. The lowest BCUT2D eigenvalue weighted by Crippen LogP contribution is -2.20. The molecule has 1 fully saturated rings. The fraction of sp³-hybridized carbons (Fsp3) is 0.636. The second-order valence-electron chi connectivity index (χ2n) is 4.10. The van der Waals surface area contributed by atoms with Crippen LogP contribution in [0.15, 0.2) is 15.9 Å². The van der Waals surface area contributed by atoms with E-state index in [2.05, 4.69) is 32.7 Å². The monoisotopic (exact) mass is 307 g/mol. The zero-order chi connectivity index (χ0) is 10.7. The fourth-order valence-corrected chi connectivity index (χ4v) is 3.88. The minimum absolute atomic E-state index is 0.422. The Bertz CT molecular complexity index is 315. The Morgan fingerprint density at radius 3 is 3.00 bits per heavy atom. The van der Waals surface area contributed by atoms with Gasteiger partial charge in [-0.1, -0.05) is 0 Å². The molecule has 0 spiro atoms. The van der Waals surface area contributed by atoms with Crippen LogP contribution >= 0.6 is 38.9 Å². The van der Waals surface area contributed by atoms with Crippen molar-refractivity contribution in [3.05, 3.63) is 20.8 Å². The van der Waals surface area contributed by atoms with Crippen molar-refractivity contribution in [2.75, 3.05) is 6.54 Å². The first-order valence-corrected chi connectivity index (χ1v) is 7.43. The zero-order valence-corrected chi connectivity index (χ0v) is 11.7. The van der Waals surface area contributed by atoms with Crippen molar-refractivity contribution in [2.24, 2.45) is 5.92 Å². The minimum atomic E-state index is 0.422. The van der Waals surface area contributed by atoms with E-state index in [4.69, 9.17) is 11.6 Å². The molecule has 1 N–H and O–H groups in total. The van der Waals surface area contributed by atoms with E-state index >= 15 is 0 Å². The fourth-order valence-electron chi connectivity index (χ4n) is 2.04. The van der Waals surface area contributed by atoms with Crippen LogP contribution in [0.3, 0.4) is 0 Å². The average Bonchev–Trinajstić information content (AvgIpc) is 2.77. The van der Waals surface area contributed by atoms with Gasteiger partial charge in [-0.05, 0) is 59.1 Å². The number of alkyl halides is 1. The Hall–Kier alpha value is 0.430. The van der Waals surface area contributed by atoms with Crippen LogP contribution in [0.5, 0.6) is 0 Å². The average molecular weight is 309 g/mol. The summed E-state index contributed by atoms with van der Waals surface area (Å²) >= 11 is 11.4. The molecule has 1 aliphatic rings. The highest BCUT2D eigenvalue weighted by Gasteiger charge is 2.22. The van der Waals surface area contributed by atoms with E-state index in [1.165, 1.54) is 28.6 Å². The third-order valence-electron chi connectivity index (χ3n) is 2.89. The van der Waals surface area contributed by atoms with Crippen LogP contribution in [0.2, 0.25) is 0 Å². The van der Waals surface area contributed by atoms with Crippen LogP contribution in [0.25, 0.3) is 0 Å². The molecule has 1 aliphatic carbocycles. The van der Waals surface area contributed by atoms with Gasteiger partial charge < -0.3 is 5.32 Å². The van der Waals surface area contributed by atoms with Crippen LogP contribution in [0.1, 0.15) is 24.1 Å². The lowest BCUT2D eigenvalue weighted by atomic mass is 10.1. The Morgan fingerprint density at radius 2 is 2.40 bits per heavy atom. The van der Waals surface area contributed by atoms with Crippen LogP contribution < -0.4 is 5.32 Å². The molecule has 2 atom stereocenters. The first-order valence-electron chi connectivity index (χ1n) is 5.32. The van der Waals surface area contributed by atoms with E-state index in [1.807, 2.05) is 0 Å². The number of hydrogen-bond acceptors (Lipinski definition) is 2. The molecule has 84 valence electrons. The Morgan fingerprint density at radius 1 is 1.53 bits per heavy atom. The van der Waals surface area contributed by atoms with E-state index in [-0.39, 0.29) is 0 Å². The maximum Gasteiger partial charge on any atom is 0.0339 e. The molecule has 1 heterocycles. The Labute approximate surface area is 108 Å². The van der Waals surface area contributed by atoms with Gasteiger partial charge in [0.15, 0.2) is 0 Å². The van der Waals surface area contributed by atoms with E-state index in [1.54, 1.807) is 11.3 Å². The quantitative estimate of drug-likeness (QED) is 0.829. The molecule has 4 heteroatoms.